The summed E-state index contributed by atoms with van der Waals surface area (Å²) in [6.07, 6.45) is 9.13. The van der Waals surface area contributed by atoms with Crippen LogP contribution in [0.3, 0.4) is 0 Å². The first kappa shape index (κ1) is 20.0. The Labute approximate surface area is 183 Å². The third-order valence-electron chi connectivity index (χ3n) is 7.30. The molecule has 5 heteroatoms. The van der Waals surface area contributed by atoms with Crippen molar-refractivity contribution in [3.63, 3.8) is 0 Å². The van der Waals surface area contributed by atoms with Crippen molar-refractivity contribution in [2.45, 2.75) is 57.7 Å². The number of hydrogen-bond acceptors (Lipinski definition) is 5. The van der Waals surface area contributed by atoms with Gasteiger partial charge in [0.15, 0.2) is 5.66 Å². The molecule has 1 saturated carbocycles. The van der Waals surface area contributed by atoms with Gasteiger partial charge in [0.25, 0.3) is 0 Å². The first-order valence-electron chi connectivity index (χ1n) is 11.0. The van der Waals surface area contributed by atoms with Gasteiger partial charge in [0.05, 0.1) is 11.8 Å². The molecular weight excluding hydrogens is 384 g/mol. The topological polar surface area (TPSA) is 72.9 Å². The molecule has 1 aliphatic heterocycles. The number of nitrogens with zero attached hydrogens (tertiary/aromatic N) is 3. The summed E-state index contributed by atoms with van der Waals surface area (Å²) in [5.74, 6) is 6.62. The van der Waals surface area contributed by atoms with Crippen molar-refractivity contribution in [2.75, 3.05) is 7.11 Å². The number of aliphatic imine (C=N–C) groups is 2. The molecule has 2 spiro atoms. The Hall–Kier alpha value is -2.97. The van der Waals surface area contributed by atoms with Crippen LogP contribution in [0.2, 0.25) is 0 Å². The molecule has 1 aromatic heterocycles. The van der Waals surface area contributed by atoms with E-state index in [-0.39, 0.29) is 5.41 Å². The average molecular weight is 413 g/mol. The van der Waals surface area contributed by atoms with Gasteiger partial charge in [-0.25, -0.2) is 4.99 Å². The second-order valence-corrected chi connectivity index (χ2v) is 8.97. The first-order valence-corrected chi connectivity index (χ1v) is 11.0. The van der Waals surface area contributed by atoms with Crippen LogP contribution in [0.5, 0.6) is 0 Å². The third-order valence-corrected chi connectivity index (χ3v) is 7.30. The molecule has 5 nitrogen and oxygen atoms in total. The van der Waals surface area contributed by atoms with Crippen molar-refractivity contribution in [1.82, 2.24) is 4.98 Å². The van der Waals surface area contributed by atoms with Crippen molar-refractivity contribution >= 4 is 11.5 Å². The molecule has 2 aliphatic carbocycles. The van der Waals surface area contributed by atoms with Gasteiger partial charge >= 0.3 is 0 Å². The highest BCUT2D eigenvalue weighted by Crippen LogP contribution is 2.62. The van der Waals surface area contributed by atoms with E-state index in [1.807, 2.05) is 27.2 Å². The maximum atomic E-state index is 6.31. The zero-order valence-electron chi connectivity index (χ0n) is 18.4. The van der Waals surface area contributed by atoms with Crippen LogP contribution in [-0.2, 0) is 16.8 Å². The smallest absolute Gasteiger partial charge is 0.184 e. The molecule has 2 heterocycles. The summed E-state index contributed by atoms with van der Waals surface area (Å²) in [6.45, 7) is 3.81. The van der Waals surface area contributed by atoms with Crippen LogP contribution < -0.4 is 5.73 Å². The van der Waals surface area contributed by atoms with Gasteiger partial charge in [-0.2, -0.15) is 0 Å². The number of ether oxygens (including phenoxy) is 1. The quantitative estimate of drug-likeness (QED) is 0.750. The van der Waals surface area contributed by atoms with E-state index in [0.29, 0.717) is 11.9 Å². The number of hydrogen-bond donors (Lipinski definition) is 1. The van der Waals surface area contributed by atoms with E-state index >= 15 is 0 Å². The Morgan fingerprint density at radius 1 is 1.10 bits per heavy atom. The van der Waals surface area contributed by atoms with Crippen LogP contribution in [0.25, 0.3) is 11.1 Å². The van der Waals surface area contributed by atoms with Gasteiger partial charge in [0.2, 0.25) is 0 Å². The Kier molecular flexibility index (Phi) is 4.71. The van der Waals surface area contributed by atoms with Gasteiger partial charge < -0.3 is 10.5 Å². The van der Waals surface area contributed by atoms with Gasteiger partial charge in [0, 0.05) is 41.6 Å². The molecule has 31 heavy (non-hydrogen) atoms. The highest BCUT2D eigenvalue weighted by molar-refractivity contribution is 6.41. The molecule has 5 rings (SSSR count). The second-order valence-electron chi connectivity index (χ2n) is 8.97. The van der Waals surface area contributed by atoms with Crippen LogP contribution in [0, 0.1) is 17.3 Å². The second kappa shape index (κ2) is 7.32. The lowest BCUT2D eigenvalue weighted by molar-refractivity contribution is -0.000372. The Morgan fingerprint density at radius 2 is 1.90 bits per heavy atom. The average Bonchev–Trinajstić information content (AvgIpc) is 3.22. The highest BCUT2D eigenvalue weighted by atomic mass is 16.5. The Balaban J connectivity index is 1.63. The van der Waals surface area contributed by atoms with Gasteiger partial charge in [-0.05, 0) is 69.2 Å². The summed E-state index contributed by atoms with van der Waals surface area (Å²) in [4.78, 5) is 14.6. The Morgan fingerprint density at radius 3 is 2.58 bits per heavy atom. The predicted molar refractivity (Wildman–Crippen MR) is 124 cm³/mol. The molecular formula is C26H28N4O. The number of aromatic nitrogens is 1. The standard InChI is InChI=1S/C26H28N4O/c1-4-5-18-12-21(16-28-15-18)19-6-7-20-14-25(10-8-22(31-3)9-11-25)26(23(20)13-19)29-17(2)24(27)30-26/h6-7,12-13,15-16,22H,8-11,14H2,1-3H3,(H2,27,30)/t22-,25-,26-/m1/s1. The van der Waals surface area contributed by atoms with Crippen molar-refractivity contribution < 1.29 is 4.74 Å². The number of fused-ring (bicyclic) bond motifs is 3. The fourth-order valence-corrected chi connectivity index (χ4v) is 5.66. The van der Waals surface area contributed by atoms with Gasteiger partial charge in [-0.3, -0.25) is 9.98 Å². The normalized spacial score (nSPS) is 28.8. The predicted octanol–water partition coefficient (Wildman–Crippen LogP) is 4.24. The van der Waals surface area contributed by atoms with Crippen molar-refractivity contribution in [3.8, 4) is 23.0 Å². The van der Waals surface area contributed by atoms with Gasteiger partial charge in [-0.1, -0.05) is 18.1 Å². The van der Waals surface area contributed by atoms with Crippen LogP contribution in [-0.4, -0.2) is 29.7 Å². The van der Waals surface area contributed by atoms with E-state index < -0.39 is 5.66 Å². The van der Waals surface area contributed by atoms with Crippen molar-refractivity contribution in [1.29, 1.82) is 0 Å². The van der Waals surface area contributed by atoms with Crippen LogP contribution in [0.1, 0.15) is 56.2 Å². The summed E-state index contributed by atoms with van der Waals surface area (Å²) in [5, 5.41) is 0. The number of rotatable bonds is 2. The third kappa shape index (κ3) is 3.01. The molecule has 1 atom stereocenters. The summed E-state index contributed by atoms with van der Waals surface area (Å²) in [6, 6.07) is 8.78. The summed E-state index contributed by atoms with van der Waals surface area (Å²) in [7, 11) is 1.81. The maximum absolute atomic E-state index is 6.31. The molecule has 2 N–H and O–H groups in total. The van der Waals surface area contributed by atoms with Crippen LogP contribution in [0.4, 0.5) is 0 Å². The molecule has 0 saturated heterocycles. The minimum Gasteiger partial charge on any atom is -0.382 e. The molecule has 1 aromatic carbocycles. The Bertz CT molecular complexity index is 1140. The molecule has 158 valence electrons. The van der Waals surface area contributed by atoms with E-state index in [4.69, 9.17) is 20.5 Å². The van der Waals surface area contributed by atoms with E-state index in [0.717, 1.165) is 54.5 Å². The van der Waals surface area contributed by atoms with Crippen LogP contribution in [0.15, 0.2) is 46.6 Å². The number of methoxy groups -OCH3 is 1. The zero-order chi connectivity index (χ0) is 21.6. The number of pyridine rings is 1. The zero-order valence-corrected chi connectivity index (χ0v) is 18.4. The fraction of sp³-hybridized carbons (Fsp3) is 0.423. The monoisotopic (exact) mass is 412 g/mol. The lowest BCUT2D eigenvalue weighted by Crippen LogP contribution is -2.43. The summed E-state index contributed by atoms with van der Waals surface area (Å²) >= 11 is 0. The lowest BCUT2D eigenvalue weighted by Gasteiger charge is -2.44. The lowest BCUT2D eigenvalue weighted by atomic mass is 9.65. The molecule has 0 amide bonds. The van der Waals surface area contributed by atoms with E-state index in [2.05, 4.69) is 41.1 Å². The molecule has 3 aliphatic rings. The summed E-state index contributed by atoms with van der Waals surface area (Å²) in [5.41, 5.74) is 12.1. The minimum atomic E-state index is -0.626. The van der Waals surface area contributed by atoms with Crippen molar-refractivity contribution in [3.05, 3.63) is 53.3 Å². The van der Waals surface area contributed by atoms with Gasteiger partial charge in [-0.15, -0.1) is 5.92 Å². The SMILES string of the molecule is CC#Cc1cncc(-c2ccc3c(c2)[C@]2(N=C(C)C(N)=N2)[C@]2(CC[C@H](OC)CC2)C3)c1. The molecule has 0 unspecified atom stereocenters. The highest BCUT2D eigenvalue weighted by Gasteiger charge is 2.60. The van der Waals surface area contributed by atoms with Gasteiger partial charge in [0.1, 0.15) is 5.84 Å². The number of benzene rings is 1. The van der Waals surface area contributed by atoms with E-state index in [9.17, 15) is 0 Å². The maximum Gasteiger partial charge on any atom is 0.184 e. The van der Waals surface area contributed by atoms with Crippen molar-refractivity contribution in [2.24, 2.45) is 21.1 Å². The van der Waals surface area contributed by atoms with E-state index in [1.165, 1.54) is 11.1 Å². The molecule has 0 radical (unpaired) electrons. The summed E-state index contributed by atoms with van der Waals surface area (Å²) < 4.78 is 5.66. The molecule has 1 fully saturated rings. The fourth-order valence-electron chi connectivity index (χ4n) is 5.66. The molecule has 2 aromatic rings. The largest absolute Gasteiger partial charge is 0.382 e. The first-order chi connectivity index (χ1) is 15.0. The minimum absolute atomic E-state index is 0.0425. The van der Waals surface area contributed by atoms with E-state index in [1.54, 1.807) is 6.20 Å². The number of nitrogens with two attached hydrogens (primary N) is 1. The van der Waals surface area contributed by atoms with Crippen LogP contribution >= 0.6 is 0 Å². The molecule has 0 bridgehead atoms. The number of amidine groups is 1.